The summed E-state index contributed by atoms with van der Waals surface area (Å²) < 4.78 is 21.7. The number of hydrogen-bond acceptors (Lipinski definition) is 5. The zero-order valence-electron chi connectivity index (χ0n) is 15.4. The first kappa shape index (κ1) is 18.4. The van der Waals surface area contributed by atoms with Gasteiger partial charge in [-0.2, -0.15) is 0 Å². The number of ether oxygens (including phenoxy) is 1. The van der Waals surface area contributed by atoms with Gasteiger partial charge in [-0.25, -0.2) is 23.3 Å². The van der Waals surface area contributed by atoms with E-state index in [0.717, 1.165) is 10.2 Å². The minimum Gasteiger partial charge on any atom is -0.436 e. The molecular formula is C20H16FN5O3. The minimum absolute atomic E-state index is 0.0274. The molecule has 4 aromatic rings. The molecule has 8 nitrogen and oxygen atoms in total. The number of fused-ring (bicyclic) bond motifs is 1. The number of carbonyl (C=O) groups excluding carboxylic acids is 1. The summed E-state index contributed by atoms with van der Waals surface area (Å²) in [6.07, 6.45) is 2.84. The van der Waals surface area contributed by atoms with Crippen molar-refractivity contribution in [1.82, 2.24) is 19.2 Å². The molecule has 0 radical (unpaired) electrons. The van der Waals surface area contributed by atoms with E-state index in [9.17, 15) is 14.0 Å². The molecule has 0 aliphatic carbocycles. The number of benzene rings is 2. The Kier molecular flexibility index (Phi) is 4.78. The first-order chi connectivity index (χ1) is 14.0. The predicted octanol–water partition coefficient (Wildman–Crippen LogP) is 2.77. The third-order valence-corrected chi connectivity index (χ3v) is 4.21. The lowest BCUT2D eigenvalue weighted by atomic mass is 10.2. The summed E-state index contributed by atoms with van der Waals surface area (Å²) in [5.41, 5.74) is 0.544. The van der Waals surface area contributed by atoms with Crippen molar-refractivity contribution >= 4 is 17.2 Å². The van der Waals surface area contributed by atoms with Crippen LogP contribution in [0.3, 0.4) is 0 Å². The van der Waals surface area contributed by atoms with Crippen molar-refractivity contribution in [2.75, 3.05) is 5.32 Å². The summed E-state index contributed by atoms with van der Waals surface area (Å²) in [5.74, 6) is -0.448. The molecule has 4 rings (SSSR count). The fourth-order valence-corrected chi connectivity index (χ4v) is 2.76. The molecule has 146 valence electrons. The second-order valence-corrected chi connectivity index (χ2v) is 6.26. The molecule has 0 spiro atoms. The Labute approximate surface area is 164 Å². The summed E-state index contributed by atoms with van der Waals surface area (Å²) in [6.45, 7) is 1.49. The number of amides is 1. The average molecular weight is 393 g/mol. The molecule has 0 aliphatic rings. The highest BCUT2D eigenvalue weighted by molar-refractivity contribution is 5.90. The normalized spacial score (nSPS) is 10.8. The van der Waals surface area contributed by atoms with Gasteiger partial charge >= 0.3 is 5.69 Å². The second-order valence-electron chi connectivity index (χ2n) is 6.26. The van der Waals surface area contributed by atoms with Crippen LogP contribution in [0.4, 0.5) is 10.1 Å². The van der Waals surface area contributed by atoms with E-state index in [1.54, 1.807) is 12.1 Å². The van der Waals surface area contributed by atoms with Crippen LogP contribution in [-0.2, 0) is 11.3 Å². The van der Waals surface area contributed by atoms with Crippen LogP contribution in [0.2, 0.25) is 0 Å². The molecule has 0 fully saturated rings. The van der Waals surface area contributed by atoms with Gasteiger partial charge in [-0.05, 0) is 30.7 Å². The lowest BCUT2D eigenvalue weighted by Crippen LogP contribution is -2.28. The first-order valence-electron chi connectivity index (χ1n) is 8.75. The average Bonchev–Trinajstić information content (AvgIpc) is 3.02. The van der Waals surface area contributed by atoms with Crippen LogP contribution in [0.1, 0.15) is 5.56 Å². The number of nitrogens with zero attached hydrogens (tertiary/aromatic N) is 4. The molecule has 2 aromatic carbocycles. The molecule has 0 bridgehead atoms. The van der Waals surface area contributed by atoms with Gasteiger partial charge in [0.1, 0.15) is 18.1 Å². The van der Waals surface area contributed by atoms with Crippen LogP contribution in [0, 0.1) is 12.7 Å². The fraction of sp³-hybridized carbons (Fsp3) is 0.100. The quantitative estimate of drug-likeness (QED) is 0.563. The van der Waals surface area contributed by atoms with Crippen molar-refractivity contribution in [2.45, 2.75) is 13.5 Å². The van der Waals surface area contributed by atoms with Gasteiger partial charge in [0.2, 0.25) is 11.6 Å². The molecule has 1 amide bonds. The van der Waals surface area contributed by atoms with E-state index in [-0.39, 0.29) is 17.2 Å². The summed E-state index contributed by atoms with van der Waals surface area (Å²) in [6, 6.07) is 13.1. The van der Waals surface area contributed by atoms with E-state index in [2.05, 4.69) is 15.4 Å². The molecule has 9 heteroatoms. The third kappa shape index (κ3) is 3.70. The zero-order valence-corrected chi connectivity index (χ0v) is 15.4. The van der Waals surface area contributed by atoms with E-state index in [0.29, 0.717) is 5.75 Å². The maximum absolute atomic E-state index is 13.7. The zero-order chi connectivity index (χ0) is 20.4. The Morgan fingerprint density at radius 2 is 1.93 bits per heavy atom. The van der Waals surface area contributed by atoms with Gasteiger partial charge < -0.3 is 10.1 Å². The Morgan fingerprint density at radius 3 is 2.72 bits per heavy atom. The molecule has 29 heavy (non-hydrogen) atoms. The summed E-state index contributed by atoms with van der Waals surface area (Å²) in [7, 11) is 0. The molecule has 2 heterocycles. The van der Waals surface area contributed by atoms with Crippen molar-refractivity contribution in [3.05, 3.63) is 82.8 Å². The molecule has 0 saturated heterocycles. The number of aromatic nitrogens is 4. The van der Waals surface area contributed by atoms with E-state index in [1.165, 1.54) is 35.0 Å². The second kappa shape index (κ2) is 7.55. The smallest absolute Gasteiger partial charge is 0.351 e. The lowest BCUT2D eigenvalue weighted by Gasteiger charge is -2.07. The monoisotopic (exact) mass is 393 g/mol. The third-order valence-electron chi connectivity index (χ3n) is 4.21. The van der Waals surface area contributed by atoms with Crippen molar-refractivity contribution < 1.29 is 13.9 Å². The molecule has 0 unspecified atom stereocenters. The van der Waals surface area contributed by atoms with Crippen LogP contribution in [0.15, 0.2) is 65.7 Å². The van der Waals surface area contributed by atoms with Crippen molar-refractivity contribution in [3.8, 4) is 11.6 Å². The number of aryl methyl sites for hydroxylation is 1. The predicted molar refractivity (Wildman–Crippen MR) is 104 cm³/mol. The van der Waals surface area contributed by atoms with E-state index in [1.807, 2.05) is 25.1 Å². The number of hydrogen-bond donors (Lipinski definition) is 1. The van der Waals surface area contributed by atoms with E-state index >= 15 is 0 Å². The van der Waals surface area contributed by atoms with Crippen LogP contribution in [0.5, 0.6) is 11.6 Å². The minimum atomic E-state index is -0.588. The maximum Gasteiger partial charge on any atom is 0.351 e. The van der Waals surface area contributed by atoms with Crippen LogP contribution < -0.4 is 15.7 Å². The van der Waals surface area contributed by atoms with Crippen LogP contribution in [-0.4, -0.2) is 25.1 Å². The van der Waals surface area contributed by atoms with Crippen LogP contribution in [0.25, 0.3) is 5.65 Å². The highest BCUT2D eigenvalue weighted by Gasteiger charge is 2.16. The standard InChI is InChI=1S/C20H16FN5O3/c1-13-6-2-5-9-16(13)29-19-18-24-26(20(28)25(18)11-10-22-19)12-17(27)23-15-8-4-3-7-14(15)21/h2-11H,12H2,1H3,(H,23,27). The van der Waals surface area contributed by atoms with Gasteiger partial charge in [-0.1, -0.05) is 30.3 Å². The summed E-state index contributed by atoms with van der Waals surface area (Å²) >= 11 is 0. The van der Waals surface area contributed by atoms with Gasteiger partial charge in [0.15, 0.2) is 0 Å². The molecular weight excluding hydrogens is 377 g/mol. The SMILES string of the molecule is Cc1ccccc1Oc1nccn2c(=O)n(CC(=O)Nc3ccccc3F)nc12. The number of halogens is 1. The van der Waals surface area contributed by atoms with E-state index < -0.39 is 24.0 Å². The largest absolute Gasteiger partial charge is 0.436 e. The number of nitrogens with one attached hydrogen (secondary N) is 1. The maximum atomic E-state index is 13.7. The highest BCUT2D eigenvalue weighted by Crippen LogP contribution is 2.24. The Balaban J connectivity index is 1.62. The summed E-state index contributed by atoms with van der Waals surface area (Å²) in [4.78, 5) is 29.0. The van der Waals surface area contributed by atoms with E-state index in [4.69, 9.17) is 4.74 Å². The number of carbonyl (C=O) groups is 1. The van der Waals surface area contributed by atoms with Crippen LogP contribution >= 0.6 is 0 Å². The first-order valence-corrected chi connectivity index (χ1v) is 8.75. The number of para-hydroxylation sites is 2. The molecule has 0 atom stereocenters. The fourth-order valence-electron chi connectivity index (χ4n) is 2.76. The van der Waals surface area contributed by atoms with Gasteiger partial charge in [0.25, 0.3) is 5.88 Å². The summed E-state index contributed by atoms with van der Waals surface area (Å²) in [5, 5.41) is 6.59. The van der Waals surface area contributed by atoms with Crippen molar-refractivity contribution in [1.29, 1.82) is 0 Å². The van der Waals surface area contributed by atoms with Gasteiger partial charge in [-0.15, -0.1) is 5.10 Å². The number of anilines is 1. The number of rotatable bonds is 5. The van der Waals surface area contributed by atoms with Crippen molar-refractivity contribution in [3.63, 3.8) is 0 Å². The molecule has 0 aliphatic heterocycles. The Hall–Kier alpha value is -4.01. The van der Waals surface area contributed by atoms with Gasteiger partial charge in [0, 0.05) is 12.4 Å². The Morgan fingerprint density at radius 1 is 1.17 bits per heavy atom. The molecule has 2 aromatic heterocycles. The lowest BCUT2D eigenvalue weighted by molar-refractivity contribution is -0.117. The van der Waals surface area contributed by atoms with Gasteiger partial charge in [0.05, 0.1) is 5.69 Å². The molecule has 0 saturated carbocycles. The highest BCUT2D eigenvalue weighted by atomic mass is 19.1. The molecule has 1 N–H and O–H groups in total. The topological polar surface area (TPSA) is 90.5 Å². The van der Waals surface area contributed by atoms with Crippen molar-refractivity contribution in [2.24, 2.45) is 0 Å². The van der Waals surface area contributed by atoms with Gasteiger partial charge in [-0.3, -0.25) is 4.79 Å². The Bertz CT molecular complexity index is 1260.